The number of likely N-dealkylation sites (tertiary alicyclic amines) is 1. The molecule has 1 atom stereocenters. The van der Waals surface area contributed by atoms with E-state index in [1.807, 2.05) is 12.5 Å². The van der Waals surface area contributed by atoms with E-state index in [1.165, 1.54) is 31.5 Å². The molecule has 1 aliphatic heterocycles. The van der Waals surface area contributed by atoms with Crippen LogP contribution >= 0.6 is 0 Å². The lowest BCUT2D eigenvalue weighted by Crippen LogP contribution is -2.40. The number of piperidine rings is 1. The van der Waals surface area contributed by atoms with E-state index in [1.54, 1.807) is 0 Å². The molecule has 1 aliphatic rings. The molecule has 1 saturated heterocycles. The molecule has 0 aromatic carbocycles. The maximum atomic E-state index is 4.32. The van der Waals surface area contributed by atoms with Crippen LogP contribution in [0.1, 0.15) is 45.7 Å². The number of hydrogen-bond acceptors (Lipinski definition) is 3. The predicted molar refractivity (Wildman–Crippen MR) is 79.1 cm³/mol. The summed E-state index contributed by atoms with van der Waals surface area (Å²) in [6.07, 6.45) is 7.97. The average molecular weight is 264 g/mol. The average Bonchev–Trinajstić information content (AvgIpc) is 2.76. The van der Waals surface area contributed by atoms with Gasteiger partial charge in [-0.25, -0.2) is 4.98 Å². The number of imidazole rings is 1. The molecular weight excluding hydrogens is 236 g/mol. The van der Waals surface area contributed by atoms with Gasteiger partial charge < -0.3 is 14.8 Å². The van der Waals surface area contributed by atoms with E-state index in [9.17, 15) is 0 Å². The number of nitrogens with zero attached hydrogens (tertiary/aromatic N) is 3. The zero-order valence-electron chi connectivity index (χ0n) is 12.8. The van der Waals surface area contributed by atoms with Gasteiger partial charge in [0, 0.05) is 30.9 Å². The van der Waals surface area contributed by atoms with Crippen LogP contribution in [0.25, 0.3) is 0 Å². The van der Waals surface area contributed by atoms with Crippen molar-refractivity contribution in [1.29, 1.82) is 0 Å². The standard InChI is InChI=1S/C15H28N4/c1-15(2,3)17-10-14-9-16-12-19(14)11-13-7-5-6-8-18(13)4/h9,12-13,17H,5-8,10-11H2,1-4H3. The molecule has 0 bridgehead atoms. The second-order valence-electron chi connectivity index (χ2n) is 6.77. The summed E-state index contributed by atoms with van der Waals surface area (Å²) in [7, 11) is 2.24. The Morgan fingerprint density at radius 1 is 1.37 bits per heavy atom. The zero-order valence-corrected chi connectivity index (χ0v) is 12.8. The fraction of sp³-hybridized carbons (Fsp3) is 0.800. The van der Waals surface area contributed by atoms with E-state index in [0.29, 0.717) is 6.04 Å². The van der Waals surface area contributed by atoms with Gasteiger partial charge in [-0.1, -0.05) is 6.42 Å². The third-order valence-corrected chi connectivity index (χ3v) is 3.93. The van der Waals surface area contributed by atoms with Crippen molar-refractivity contribution >= 4 is 0 Å². The van der Waals surface area contributed by atoms with Crippen LogP contribution in [0.4, 0.5) is 0 Å². The number of aromatic nitrogens is 2. The van der Waals surface area contributed by atoms with Crippen molar-refractivity contribution in [2.45, 2.75) is 64.7 Å². The lowest BCUT2D eigenvalue weighted by Gasteiger charge is -2.33. The molecular formula is C15H28N4. The Hall–Kier alpha value is -0.870. The summed E-state index contributed by atoms with van der Waals surface area (Å²) in [6.45, 7) is 9.78. The molecule has 1 aromatic heterocycles. The fourth-order valence-corrected chi connectivity index (χ4v) is 2.62. The second kappa shape index (κ2) is 6.06. The highest BCUT2D eigenvalue weighted by atomic mass is 15.2. The number of hydrogen-bond donors (Lipinski definition) is 1. The van der Waals surface area contributed by atoms with E-state index in [-0.39, 0.29) is 5.54 Å². The van der Waals surface area contributed by atoms with Gasteiger partial charge in [0.2, 0.25) is 0 Å². The molecule has 1 aromatic rings. The van der Waals surface area contributed by atoms with Gasteiger partial charge in [-0.3, -0.25) is 0 Å². The number of rotatable bonds is 4. The quantitative estimate of drug-likeness (QED) is 0.905. The maximum Gasteiger partial charge on any atom is 0.0949 e. The third kappa shape index (κ3) is 4.32. The van der Waals surface area contributed by atoms with Gasteiger partial charge in [-0.15, -0.1) is 0 Å². The van der Waals surface area contributed by atoms with Gasteiger partial charge in [-0.2, -0.15) is 0 Å². The molecule has 108 valence electrons. The first kappa shape index (κ1) is 14.5. The van der Waals surface area contributed by atoms with Crippen molar-refractivity contribution < 1.29 is 0 Å². The smallest absolute Gasteiger partial charge is 0.0949 e. The third-order valence-electron chi connectivity index (χ3n) is 3.93. The Morgan fingerprint density at radius 3 is 2.84 bits per heavy atom. The van der Waals surface area contributed by atoms with Gasteiger partial charge in [-0.05, 0) is 47.2 Å². The van der Waals surface area contributed by atoms with Crippen LogP contribution in [-0.2, 0) is 13.1 Å². The topological polar surface area (TPSA) is 33.1 Å². The highest BCUT2D eigenvalue weighted by Gasteiger charge is 2.20. The summed E-state index contributed by atoms with van der Waals surface area (Å²) in [4.78, 5) is 6.81. The monoisotopic (exact) mass is 264 g/mol. The first-order valence-electron chi connectivity index (χ1n) is 7.40. The molecule has 0 aliphatic carbocycles. The van der Waals surface area contributed by atoms with E-state index in [0.717, 1.165) is 13.1 Å². The van der Waals surface area contributed by atoms with Crippen LogP contribution in [0.15, 0.2) is 12.5 Å². The predicted octanol–water partition coefficient (Wildman–Crippen LogP) is 2.26. The molecule has 0 saturated carbocycles. The van der Waals surface area contributed by atoms with E-state index in [2.05, 4.69) is 47.6 Å². The van der Waals surface area contributed by atoms with Crippen molar-refractivity contribution in [3.05, 3.63) is 18.2 Å². The zero-order chi connectivity index (χ0) is 13.9. The number of likely N-dealkylation sites (N-methyl/N-ethyl adjacent to an activating group) is 1. The summed E-state index contributed by atoms with van der Waals surface area (Å²) in [6, 6.07) is 0.663. The van der Waals surface area contributed by atoms with Crippen LogP contribution in [-0.4, -0.2) is 39.6 Å². The van der Waals surface area contributed by atoms with Crippen LogP contribution in [0.5, 0.6) is 0 Å². The van der Waals surface area contributed by atoms with Crippen molar-refractivity contribution in [1.82, 2.24) is 19.8 Å². The van der Waals surface area contributed by atoms with Crippen molar-refractivity contribution in [3.63, 3.8) is 0 Å². The fourth-order valence-electron chi connectivity index (χ4n) is 2.62. The molecule has 1 fully saturated rings. The van der Waals surface area contributed by atoms with Gasteiger partial charge in [0.15, 0.2) is 0 Å². The van der Waals surface area contributed by atoms with Gasteiger partial charge in [0.05, 0.1) is 12.0 Å². The van der Waals surface area contributed by atoms with Gasteiger partial charge >= 0.3 is 0 Å². The first-order chi connectivity index (χ1) is 8.96. The molecule has 0 spiro atoms. The second-order valence-corrected chi connectivity index (χ2v) is 6.77. The van der Waals surface area contributed by atoms with Crippen molar-refractivity contribution in [2.24, 2.45) is 0 Å². The van der Waals surface area contributed by atoms with Crippen LogP contribution in [0, 0.1) is 0 Å². The van der Waals surface area contributed by atoms with Crippen LogP contribution in [0.2, 0.25) is 0 Å². The summed E-state index contributed by atoms with van der Waals surface area (Å²) in [5.74, 6) is 0. The summed E-state index contributed by atoms with van der Waals surface area (Å²) >= 11 is 0. The van der Waals surface area contributed by atoms with Crippen LogP contribution < -0.4 is 5.32 Å². The number of nitrogens with one attached hydrogen (secondary N) is 1. The molecule has 2 heterocycles. The highest BCUT2D eigenvalue weighted by Crippen LogP contribution is 2.17. The molecule has 0 radical (unpaired) electrons. The lowest BCUT2D eigenvalue weighted by molar-refractivity contribution is 0.166. The summed E-state index contributed by atoms with van der Waals surface area (Å²) in [5.41, 5.74) is 1.44. The lowest BCUT2D eigenvalue weighted by atomic mass is 10.0. The molecule has 1 unspecified atom stereocenters. The Morgan fingerprint density at radius 2 is 2.16 bits per heavy atom. The molecule has 4 heteroatoms. The minimum Gasteiger partial charge on any atom is -0.332 e. The molecule has 4 nitrogen and oxygen atoms in total. The van der Waals surface area contributed by atoms with E-state index >= 15 is 0 Å². The molecule has 2 rings (SSSR count). The normalized spacial score (nSPS) is 21.8. The van der Waals surface area contributed by atoms with Gasteiger partial charge in [0.1, 0.15) is 0 Å². The molecule has 1 N–H and O–H groups in total. The summed E-state index contributed by atoms with van der Waals surface area (Å²) in [5, 5.41) is 3.54. The largest absolute Gasteiger partial charge is 0.332 e. The minimum absolute atomic E-state index is 0.150. The van der Waals surface area contributed by atoms with Gasteiger partial charge in [0.25, 0.3) is 0 Å². The molecule has 0 amide bonds. The Kier molecular flexibility index (Phi) is 4.63. The van der Waals surface area contributed by atoms with E-state index in [4.69, 9.17) is 0 Å². The first-order valence-corrected chi connectivity index (χ1v) is 7.40. The summed E-state index contributed by atoms with van der Waals surface area (Å²) < 4.78 is 2.31. The maximum absolute atomic E-state index is 4.32. The van der Waals surface area contributed by atoms with E-state index < -0.39 is 0 Å². The SMILES string of the molecule is CN1CCCCC1Cn1cncc1CNC(C)(C)C. The molecule has 19 heavy (non-hydrogen) atoms. The Labute approximate surface area is 117 Å². The minimum atomic E-state index is 0.150. The van der Waals surface area contributed by atoms with Crippen molar-refractivity contribution in [3.8, 4) is 0 Å². The highest BCUT2D eigenvalue weighted by molar-refractivity contribution is 5.00. The Bertz CT molecular complexity index is 391. The van der Waals surface area contributed by atoms with Crippen LogP contribution in [0.3, 0.4) is 0 Å². The van der Waals surface area contributed by atoms with Crippen molar-refractivity contribution in [2.75, 3.05) is 13.6 Å². The Balaban J connectivity index is 1.95.